The van der Waals surface area contributed by atoms with Crippen LogP contribution in [0.5, 0.6) is 0 Å². The van der Waals surface area contributed by atoms with E-state index in [1.165, 1.54) is 24.0 Å². The molecule has 0 bridgehead atoms. The lowest BCUT2D eigenvalue weighted by atomic mass is 9.87. The third kappa shape index (κ3) is 2.31. The molecule has 3 heteroatoms. The van der Waals surface area contributed by atoms with E-state index in [-0.39, 0.29) is 5.54 Å². The highest BCUT2D eigenvalue weighted by Crippen LogP contribution is 2.34. The smallest absolute Gasteiger partial charge is 0.0716 e. The average molecular weight is 284 g/mol. The fourth-order valence-electron chi connectivity index (χ4n) is 2.47. The molecule has 1 atom stereocenters. The average Bonchev–Trinajstić information content (AvgIpc) is 2.69. The molecule has 1 aromatic rings. The molecule has 2 nitrogen and oxygen atoms in total. The fourth-order valence-corrected chi connectivity index (χ4v) is 2.83. The molecule has 1 heterocycles. The Labute approximate surface area is 106 Å². The van der Waals surface area contributed by atoms with Crippen LogP contribution < -0.4 is 5.32 Å². The van der Waals surface area contributed by atoms with Gasteiger partial charge in [-0.05, 0) is 49.6 Å². The van der Waals surface area contributed by atoms with Gasteiger partial charge in [0.05, 0.1) is 6.61 Å². The van der Waals surface area contributed by atoms with Crippen molar-refractivity contribution < 1.29 is 4.74 Å². The lowest BCUT2D eigenvalue weighted by Gasteiger charge is -2.28. The summed E-state index contributed by atoms with van der Waals surface area (Å²) in [5.74, 6) is 0. The van der Waals surface area contributed by atoms with Gasteiger partial charge in [0.1, 0.15) is 0 Å². The van der Waals surface area contributed by atoms with E-state index < -0.39 is 0 Å². The van der Waals surface area contributed by atoms with Crippen LogP contribution in [0, 0.1) is 0 Å². The number of hydrogen-bond acceptors (Lipinski definition) is 2. The minimum absolute atomic E-state index is 0.109. The van der Waals surface area contributed by atoms with Gasteiger partial charge in [0.15, 0.2) is 0 Å². The Hall–Kier alpha value is -0.380. The van der Waals surface area contributed by atoms with Crippen LogP contribution >= 0.6 is 15.9 Å². The molecule has 0 aliphatic carbocycles. The van der Waals surface area contributed by atoms with E-state index in [0.717, 1.165) is 11.0 Å². The van der Waals surface area contributed by atoms with Crippen molar-refractivity contribution in [2.24, 2.45) is 0 Å². The first-order valence-electron chi connectivity index (χ1n) is 5.68. The Bertz CT molecular complexity index is 372. The summed E-state index contributed by atoms with van der Waals surface area (Å²) in [6.45, 7) is 4.07. The van der Waals surface area contributed by atoms with Gasteiger partial charge in [-0.2, -0.15) is 0 Å². The minimum Gasteiger partial charge on any atom is -0.380 e. The third-order valence-corrected chi connectivity index (χ3v) is 3.83. The van der Waals surface area contributed by atoms with E-state index >= 15 is 0 Å². The molecule has 88 valence electrons. The maximum absolute atomic E-state index is 5.27. The Balaban J connectivity index is 2.40. The van der Waals surface area contributed by atoms with Gasteiger partial charge < -0.3 is 10.1 Å². The Morgan fingerprint density at radius 3 is 2.94 bits per heavy atom. The molecule has 0 aromatic heterocycles. The van der Waals surface area contributed by atoms with Gasteiger partial charge in [0, 0.05) is 17.1 Å². The third-order valence-electron chi connectivity index (χ3n) is 3.33. The van der Waals surface area contributed by atoms with E-state index in [2.05, 4.69) is 46.4 Å². The van der Waals surface area contributed by atoms with Gasteiger partial charge in [0.2, 0.25) is 0 Å². The Morgan fingerprint density at radius 2 is 2.31 bits per heavy atom. The molecule has 16 heavy (non-hydrogen) atoms. The molecule has 1 saturated heterocycles. The van der Waals surface area contributed by atoms with Crippen LogP contribution in [0.25, 0.3) is 0 Å². The number of methoxy groups -OCH3 is 1. The summed E-state index contributed by atoms with van der Waals surface area (Å²) >= 11 is 3.55. The van der Waals surface area contributed by atoms with Crippen LogP contribution in [0.4, 0.5) is 0 Å². The SMILES string of the molecule is COCc1ccc(Br)cc1C1(C)CCCN1. The molecule has 1 aliphatic rings. The summed E-state index contributed by atoms with van der Waals surface area (Å²) in [6.07, 6.45) is 2.44. The van der Waals surface area contributed by atoms with Crippen LogP contribution in [0.15, 0.2) is 22.7 Å². The second kappa shape index (κ2) is 4.86. The predicted octanol–water partition coefficient (Wildman–Crippen LogP) is 3.19. The number of benzene rings is 1. The zero-order chi connectivity index (χ0) is 11.6. The van der Waals surface area contributed by atoms with Crippen LogP contribution in [0.3, 0.4) is 0 Å². The molecule has 1 aromatic carbocycles. The van der Waals surface area contributed by atoms with Gasteiger partial charge in [-0.25, -0.2) is 0 Å². The lowest BCUT2D eigenvalue weighted by molar-refractivity contribution is 0.182. The maximum Gasteiger partial charge on any atom is 0.0716 e. The molecular formula is C13H18BrNO. The summed E-state index contributed by atoms with van der Waals surface area (Å²) in [5.41, 5.74) is 2.75. The topological polar surface area (TPSA) is 21.3 Å². The highest BCUT2D eigenvalue weighted by molar-refractivity contribution is 9.10. The first-order valence-corrected chi connectivity index (χ1v) is 6.48. The summed E-state index contributed by atoms with van der Waals surface area (Å²) < 4.78 is 6.41. The molecule has 2 rings (SSSR count). The van der Waals surface area contributed by atoms with Crippen LogP contribution in [-0.2, 0) is 16.9 Å². The van der Waals surface area contributed by atoms with Crippen molar-refractivity contribution in [3.05, 3.63) is 33.8 Å². The summed E-state index contributed by atoms with van der Waals surface area (Å²) in [7, 11) is 1.75. The highest BCUT2D eigenvalue weighted by Gasteiger charge is 2.31. The molecule has 0 saturated carbocycles. The Kier molecular flexibility index (Phi) is 3.67. The zero-order valence-corrected chi connectivity index (χ0v) is 11.4. The largest absolute Gasteiger partial charge is 0.380 e. The number of rotatable bonds is 3. The number of hydrogen-bond donors (Lipinski definition) is 1. The molecule has 1 N–H and O–H groups in total. The number of halogens is 1. The molecule has 0 amide bonds. The van der Waals surface area contributed by atoms with Gasteiger partial charge >= 0.3 is 0 Å². The van der Waals surface area contributed by atoms with Gasteiger partial charge in [-0.3, -0.25) is 0 Å². The van der Waals surface area contributed by atoms with Crippen molar-refractivity contribution in [2.75, 3.05) is 13.7 Å². The summed E-state index contributed by atoms with van der Waals surface area (Å²) in [4.78, 5) is 0. The van der Waals surface area contributed by atoms with Crippen LogP contribution in [0.1, 0.15) is 30.9 Å². The standard InChI is InChI=1S/C13H18BrNO/c1-13(6-3-7-15-13)12-8-11(14)5-4-10(12)9-16-2/h4-5,8,15H,3,6-7,9H2,1-2H3. The van der Waals surface area contributed by atoms with Crippen molar-refractivity contribution >= 4 is 15.9 Å². The maximum atomic E-state index is 5.27. The van der Waals surface area contributed by atoms with Crippen LogP contribution in [-0.4, -0.2) is 13.7 Å². The second-order valence-electron chi connectivity index (χ2n) is 4.60. The van der Waals surface area contributed by atoms with Crippen molar-refractivity contribution in [3.63, 3.8) is 0 Å². The fraction of sp³-hybridized carbons (Fsp3) is 0.538. The Morgan fingerprint density at radius 1 is 1.50 bits per heavy atom. The van der Waals surface area contributed by atoms with Gasteiger partial charge in [-0.1, -0.05) is 22.0 Å². The van der Waals surface area contributed by atoms with E-state index in [1.807, 2.05) is 0 Å². The molecule has 0 spiro atoms. The summed E-state index contributed by atoms with van der Waals surface area (Å²) in [5, 5.41) is 3.60. The van der Waals surface area contributed by atoms with Crippen molar-refractivity contribution in [3.8, 4) is 0 Å². The van der Waals surface area contributed by atoms with Gasteiger partial charge in [-0.15, -0.1) is 0 Å². The predicted molar refractivity (Wildman–Crippen MR) is 69.4 cm³/mol. The van der Waals surface area contributed by atoms with E-state index in [0.29, 0.717) is 6.61 Å². The van der Waals surface area contributed by atoms with Crippen molar-refractivity contribution in [2.45, 2.75) is 31.9 Å². The zero-order valence-electron chi connectivity index (χ0n) is 9.85. The first-order chi connectivity index (χ1) is 7.65. The summed E-state index contributed by atoms with van der Waals surface area (Å²) in [6, 6.07) is 6.44. The lowest BCUT2D eigenvalue weighted by Crippen LogP contribution is -2.34. The second-order valence-corrected chi connectivity index (χ2v) is 5.51. The molecular weight excluding hydrogens is 266 g/mol. The molecule has 1 unspecified atom stereocenters. The van der Waals surface area contributed by atoms with Crippen molar-refractivity contribution in [1.29, 1.82) is 0 Å². The normalized spacial score (nSPS) is 24.9. The van der Waals surface area contributed by atoms with Crippen LogP contribution in [0.2, 0.25) is 0 Å². The first kappa shape index (κ1) is 12.1. The monoisotopic (exact) mass is 283 g/mol. The number of nitrogens with one attached hydrogen (secondary N) is 1. The highest BCUT2D eigenvalue weighted by atomic mass is 79.9. The number of ether oxygens (including phenoxy) is 1. The van der Waals surface area contributed by atoms with E-state index in [1.54, 1.807) is 7.11 Å². The molecule has 0 radical (unpaired) electrons. The van der Waals surface area contributed by atoms with Crippen molar-refractivity contribution in [1.82, 2.24) is 5.32 Å². The van der Waals surface area contributed by atoms with E-state index in [4.69, 9.17) is 4.74 Å². The quantitative estimate of drug-likeness (QED) is 0.920. The molecule has 1 fully saturated rings. The van der Waals surface area contributed by atoms with E-state index in [9.17, 15) is 0 Å². The molecule has 1 aliphatic heterocycles. The van der Waals surface area contributed by atoms with Gasteiger partial charge in [0.25, 0.3) is 0 Å². The minimum atomic E-state index is 0.109.